The molecule has 2 aromatic carbocycles. The van der Waals surface area contributed by atoms with Crippen molar-refractivity contribution in [2.24, 2.45) is 0 Å². The molecule has 0 aliphatic heterocycles. The Morgan fingerprint density at radius 1 is 1.17 bits per heavy atom. The fraction of sp³-hybridized carbons (Fsp3) is 0.292. The lowest BCUT2D eigenvalue weighted by atomic mass is 10.1. The van der Waals surface area contributed by atoms with Gasteiger partial charge in [0.25, 0.3) is 5.91 Å². The predicted octanol–water partition coefficient (Wildman–Crippen LogP) is 5.23. The van der Waals surface area contributed by atoms with E-state index in [4.69, 9.17) is 11.6 Å². The second-order valence-corrected chi connectivity index (χ2v) is 10.8. The molecule has 0 saturated carbocycles. The Morgan fingerprint density at radius 2 is 1.83 bits per heavy atom. The number of aryl methyl sites for hydroxylation is 1. The van der Waals surface area contributed by atoms with Crippen molar-refractivity contribution >= 4 is 33.0 Å². The molecule has 0 radical (unpaired) electrons. The lowest BCUT2D eigenvalue weighted by Crippen LogP contribution is -2.19. The summed E-state index contributed by atoms with van der Waals surface area (Å²) < 4.78 is 68.5. The van der Waals surface area contributed by atoms with Crippen molar-refractivity contribution in [1.82, 2.24) is 4.57 Å². The summed E-state index contributed by atoms with van der Waals surface area (Å²) in [6.07, 6.45) is -4.73. The number of anilines is 1. The Labute approximate surface area is 211 Å². The van der Waals surface area contributed by atoms with E-state index < -0.39 is 34.0 Å². The third-order valence-electron chi connectivity index (χ3n) is 5.29. The highest BCUT2D eigenvalue weighted by molar-refractivity contribution is 7.90. The molecule has 3 rings (SSSR count). The van der Waals surface area contributed by atoms with E-state index in [0.29, 0.717) is 22.6 Å². The average Bonchev–Trinajstić information content (AvgIpc) is 3.01. The number of ether oxygens (including phenoxy) is 1. The third-order valence-corrected chi connectivity index (χ3v) is 6.79. The van der Waals surface area contributed by atoms with E-state index >= 15 is 0 Å². The minimum Gasteiger partial charge on any atom is -0.403 e. The number of nitrogens with one attached hydrogen (secondary N) is 1. The molecule has 0 unspecified atom stereocenters. The molecule has 1 atom stereocenters. The first kappa shape index (κ1) is 27.6. The monoisotopic (exact) mass is 544 g/mol. The number of nitrogens with zero attached hydrogens (tertiary/aromatic N) is 1. The quantitative estimate of drug-likeness (QED) is 0.425. The maximum Gasteiger partial charge on any atom is 0.573 e. The van der Waals surface area contributed by atoms with Gasteiger partial charge >= 0.3 is 6.36 Å². The van der Waals surface area contributed by atoms with E-state index in [1.54, 1.807) is 13.8 Å². The van der Waals surface area contributed by atoms with Crippen molar-refractivity contribution in [3.05, 3.63) is 70.0 Å². The smallest absolute Gasteiger partial charge is 0.403 e. The first-order valence-electron chi connectivity index (χ1n) is 10.6. The molecule has 0 bridgehead atoms. The minimum atomic E-state index is -4.98. The number of rotatable bonds is 7. The maximum absolute atomic E-state index is 13.1. The Hall–Kier alpha value is -3.02. The molecule has 1 amide bonds. The van der Waals surface area contributed by atoms with E-state index in [-0.39, 0.29) is 27.6 Å². The van der Waals surface area contributed by atoms with Gasteiger partial charge in [0.15, 0.2) is 15.6 Å². The SMILES string of the molecule is Cc1cc(NC(=O)c2cc(C[C@H](C)O)n(-c3ccc(Cl)cc3OC(F)(F)F)c2C)ccc1S(C)(=O)=O. The van der Waals surface area contributed by atoms with Gasteiger partial charge in [0.2, 0.25) is 0 Å². The third kappa shape index (κ3) is 6.40. The van der Waals surface area contributed by atoms with Gasteiger partial charge < -0.3 is 19.7 Å². The average molecular weight is 545 g/mol. The van der Waals surface area contributed by atoms with Gasteiger partial charge in [-0.3, -0.25) is 4.79 Å². The van der Waals surface area contributed by atoms with E-state index in [1.165, 1.54) is 47.9 Å². The molecule has 0 aliphatic rings. The number of benzene rings is 2. The van der Waals surface area contributed by atoms with Crippen LogP contribution in [-0.4, -0.2) is 42.7 Å². The van der Waals surface area contributed by atoms with Crippen LogP contribution in [0, 0.1) is 13.8 Å². The molecule has 7 nitrogen and oxygen atoms in total. The van der Waals surface area contributed by atoms with Crippen LogP contribution in [0.25, 0.3) is 5.69 Å². The van der Waals surface area contributed by atoms with Crippen LogP contribution in [0.3, 0.4) is 0 Å². The number of sulfone groups is 1. The molecule has 194 valence electrons. The molecule has 0 aliphatic carbocycles. The molecule has 36 heavy (non-hydrogen) atoms. The number of halogens is 4. The maximum atomic E-state index is 13.1. The lowest BCUT2D eigenvalue weighted by Gasteiger charge is -2.18. The van der Waals surface area contributed by atoms with Crippen LogP contribution in [-0.2, 0) is 16.3 Å². The summed E-state index contributed by atoms with van der Waals surface area (Å²) >= 11 is 5.90. The van der Waals surface area contributed by atoms with Gasteiger partial charge in [0.1, 0.15) is 0 Å². The van der Waals surface area contributed by atoms with Crippen LogP contribution in [0.15, 0.2) is 47.4 Å². The van der Waals surface area contributed by atoms with Gasteiger partial charge in [-0.25, -0.2) is 8.42 Å². The Morgan fingerprint density at radius 3 is 2.39 bits per heavy atom. The molecule has 12 heteroatoms. The highest BCUT2D eigenvalue weighted by Gasteiger charge is 2.33. The second-order valence-electron chi connectivity index (χ2n) is 8.39. The minimum absolute atomic E-state index is 0.0164. The largest absolute Gasteiger partial charge is 0.573 e. The zero-order chi connectivity index (χ0) is 27.0. The molecular weight excluding hydrogens is 521 g/mol. The van der Waals surface area contributed by atoms with Crippen molar-refractivity contribution < 1.29 is 36.2 Å². The van der Waals surface area contributed by atoms with Gasteiger partial charge in [-0.1, -0.05) is 11.6 Å². The molecule has 1 aromatic heterocycles. The summed E-state index contributed by atoms with van der Waals surface area (Å²) in [6.45, 7) is 4.65. The number of hydrogen-bond acceptors (Lipinski definition) is 5. The number of aliphatic hydroxyl groups is 1. The zero-order valence-electron chi connectivity index (χ0n) is 19.8. The van der Waals surface area contributed by atoms with Crippen LogP contribution >= 0.6 is 11.6 Å². The van der Waals surface area contributed by atoms with Crippen molar-refractivity contribution in [3.63, 3.8) is 0 Å². The fourth-order valence-corrected chi connectivity index (χ4v) is 5.03. The molecule has 0 fully saturated rings. The van der Waals surface area contributed by atoms with Crippen LogP contribution in [0.4, 0.5) is 18.9 Å². The van der Waals surface area contributed by atoms with Gasteiger partial charge in [-0.2, -0.15) is 0 Å². The number of amides is 1. The zero-order valence-corrected chi connectivity index (χ0v) is 21.3. The highest BCUT2D eigenvalue weighted by Crippen LogP contribution is 2.35. The molecular formula is C24H24ClF3N2O5S. The summed E-state index contributed by atoms with van der Waals surface area (Å²) in [5.41, 5.74) is 1.56. The van der Waals surface area contributed by atoms with Crippen molar-refractivity contribution in [1.29, 1.82) is 0 Å². The van der Waals surface area contributed by atoms with Crippen LogP contribution in [0.1, 0.15) is 34.2 Å². The van der Waals surface area contributed by atoms with Gasteiger partial charge in [-0.05, 0) is 62.7 Å². The molecule has 0 spiro atoms. The van der Waals surface area contributed by atoms with Gasteiger partial charge in [-0.15, -0.1) is 13.2 Å². The number of hydrogen-bond donors (Lipinski definition) is 2. The Kier molecular flexibility index (Phi) is 7.77. The van der Waals surface area contributed by atoms with Gasteiger partial charge in [0.05, 0.1) is 22.3 Å². The van der Waals surface area contributed by atoms with Gasteiger partial charge in [0, 0.05) is 40.8 Å². The summed E-state index contributed by atoms with van der Waals surface area (Å²) in [6, 6.07) is 9.54. The normalized spacial score (nSPS) is 12.9. The molecule has 0 saturated heterocycles. The number of carbonyl (C=O) groups excluding carboxylic acids is 1. The molecule has 2 N–H and O–H groups in total. The van der Waals surface area contributed by atoms with Crippen molar-refractivity contribution in [3.8, 4) is 11.4 Å². The van der Waals surface area contributed by atoms with E-state index in [1.807, 2.05) is 0 Å². The molecule has 3 aromatic rings. The van der Waals surface area contributed by atoms with Crippen molar-refractivity contribution in [2.45, 2.75) is 44.6 Å². The Balaban J connectivity index is 2.07. The highest BCUT2D eigenvalue weighted by atomic mass is 35.5. The second kappa shape index (κ2) is 10.2. The fourth-order valence-electron chi connectivity index (χ4n) is 3.91. The predicted molar refractivity (Wildman–Crippen MR) is 130 cm³/mol. The summed E-state index contributed by atoms with van der Waals surface area (Å²) in [5.74, 6) is -1.14. The standard InChI is InChI=1S/C24H24ClF3N2O5S/c1-13-9-17(6-8-22(13)36(4,33)34)29-23(32)19-12-18(10-14(2)31)30(15(19)3)20-7-5-16(25)11-21(20)35-24(26,27)28/h5-9,11-12,14,31H,10H2,1-4H3,(H,29,32)/t14-/m0/s1. The lowest BCUT2D eigenvalue weighted by molar-refractivity contribution is -0.274. The number of alkyl halides is 3. The van der Waals surface area contributed by atoms with Crippen LogP contribution in [0.5, 0.6) is 5.75 Å². The first-order valence-corrected chi connectivity index (χ1v) is 12.9. The van der Waals surface area contributed by atoms with Crippen LogP contribution in [0.2, 0.25) is 5.02 Å². The number of carbonyl (C=O) groups is 1. The van der Waals surface area contributed by atoms with E-state index in [0.717, 1.165) is 12.3 Å². The summed E-state index contributed by atoms with van der Waals surface area (Å²) in [4.78, 5) is 13.3. The number of aromatic nitrogens is 1. The molecule has 1 heterocycles. The van der Waals surface area contributed by atoms with Crippen molar-refractivity contribution in [2.75, 3.05) is 11.6 Å². The van der Waals surface area contributed by atoms with E-state index in [2.05, 4.69) is 10.1 Å². The van der Waals surface area contributed by atoms with E-state index in [9.17, 15) is 31.5 Å². The topological polar surface area (TPSA) is 97.6 Å². The summed E-state index contributed by atoms with van der Waals surface area (Å²) in [7, 11) is -3.44. The number of aliphatic hydroxyl groups excluding tert-OH is 1. The Bertz CT molecular complexity index is 1420. The first-order chi connectivity index (χ1) is 16.6. The summed E-state index contributed by atoms with van der Waals surface area (Å²) in [5, 5.41) is 12.7. The van der Waals surface area contributed by atoms with Crippen LogP contribution < -0.4 is 10.1 Å².